The van der Waals surface area contributed by atoms with E-state index >= 15 is 0 Å². The van der Waals surface area contributed by atoms with Gasteiger partial charge in [-0.1, -0.05) is 119 Å². The van der Waals surface area contributed by atoms with Gasteiger partial charge in [0.25, 0.3) is 0 Å². The van der Waals surface area contributed by atoms with Crippen molar-refractivity contribution in [2.24, 2.45) is 32.5 Å². The molecule has 0 bridgehead atoms. The molecule has 0 N–H and O–H groups in total. The largest absolute Gasteiger partial charge is 0.0867 e. The second-order valence-corrected chi connectivity index (χ2v) is 17.6. The first-order valence-corrected chi connectivity index (χ1v) is 13.2. The average Bonchev–Trinajstić information content (AvgIpc) is 2.42. The van der Waals surface area contributed by atoms with Crippen LogP contribution < -0.4 is 0 Å². The van der Waals surface area contributed by atoms with Crippen molar-refractivity contribution in [3.05, 3.63) is 0 Å². The first-order chi connectivity index (χ1) is 11.7. The molecule has 0 heterocycles. The Kier molecular flexibility index (Phi) is 7.87. The molecule has 0 aliphatic rings. The molecule has 0 aliphatic heterocycles. The summed E-state index contributed by atoms with van der Waals surface area (Å²) in [6.07, 6.45) is 0. The van der Waals surface area contributed by atoms with E-state index in [0.29, 0.717) is 0 Å². The quantitative estimate of drug-likeness (QED) is 0.368. The Morgan fingerprint density at radius 2 is 0.464 bits per heavy atom. The van der Waals surface area contributed by atoms with Crippen molar-refractivity contribution in [2.75, 3.05) is 0 Å². The molecule has 0 aromatic heterocycles. The van der Waals surface area contributed by atoms with Crippen LogP contribution >= 0.6 is 21.6 Å². The maximum Gasteiger partial charge on any atom is 0.0263 e. The molecule has 0 radical (unpaired) electrons. The van der Waals surface area contributed by atoms with Gasteiger partial charge in [-0.2, -0.15) is 0 Å². The minimum Gasteiger partial charge on any atom is -0.0867 e. The predicted octanol–water partition coefficient (Wildman–Crippen LogP) is 10.1. The van der Waals surface area contributed by atoms with Crippen molar-refractivity contribution in [3.8, 4) is 0 Å². The standard InChI is InChI=1S/C26H54S2/c1-19(2,3)21(7,8)23(11,12)25(15,16)27-28-26(17,18)24(13,14)22(9,10)20(4,5)6/h1-18H3. The summed E-state index contributed by atoms with van der Waals surface area (Å²) in [5.74, 6) is 0. The molecule has 0 nitrogen and oxygen atoms in total. The topological polar surface area (TPSA) is 0 Å². The zero-order valence-corrected chi connectivity index (χ0v) is 24.4. The van der Waals surface area contributed by atoms with E-state index in [4.69, 9.17) is 0 Å². The molecule has 0 saturated carbocycles. The van der Waals surface area contributed by atoms with Crippen LogP contribution in [0.3, 0.4) is 0 Å². The smallest absolute Gasteiger partial charge is 0.0263 e. The first-order valence-electron chi connectivity index (χ1n) is 11.1. The zero-order valence-electron chi connectivity index (χ0n) is 22.8. The van der Waals surface area contributed by atoms with E-state index in [1.807, 2.05) is 0 Å². The minimum atomic E-state index is 0.147. The van der Waals surface area contributed by atoms with Crippen LogP contribution in [0.1, 0.15) is 125 Å². The van der Waals surface area contributed by atoms with Gasteiger partial charge < -0.3 is 0 Å². The fourth-order valence-corrected chi connectivity index (χ4v) is 7.64. The van der Waals surface area contributed by atoms with Crippen LogP contribution in [0.25, 0.3) is 0 Å². The van der Waals surface area contributed by atoms with Gasteiger partial charge >= 0.3 is 0 Å². The van der Waals surface area contributed by atoms with E-state index in [2.05, 4.69) is 146 Å². The zero-order chi connectivity index (χ0) is 23.4. The van der Waals surface area contributed by atoms with Gasteiger partial charge in [0, 0.05) is 9.49 Å². The molecule has 0 saturated heterocycles. The summed E-state index contributed by atoms with van der Waals surface area (Å²) in [7, 11) is 4.21. The Morgan fingerprint density at radius 3 is 0.607 bits per heavy atom. The second kappa shape index (κ2) is 7.68. The molecular weight excluding hydrogens is 376 g/mol. The first kappa shape index (κ1) is 28.7. The Hall–Kier alpha value is 0.700. The highest BCUT2D eigenvalue weighted by Crippen LogP contribution is 2.66. The summed E-state index contributed by atoms with van der Waals surface area (Å²) in [5.41, 5.74) is 1.28. The molecule has 0 spiro atoms. The number of hydrogen-bond acceptors (Lipinski definition) is 2. The maximum atomic E-state index is 2.48. The minimum absolute atomic E-state index is 0.147. The third kappa shape index (κ3) is 4.63. The van der Waals surface area contributed by atoms with Gasteiger partial charge in [0.2, 0.25) is 0 Å². The van der Waals surface area contributed by atoms with E-state index in [-0.39, 0.29) is 42.0 Å². The Labute approximate surface area is 188 Å². The van der Waals surface area contributed by atoms with E-state index in [1.165, 1.54) is 0 Å². The van der Waals surface area contributed by atoms with Gasteiger partial charge in [-0.3, -0.25) is 0 Å². The monoisotopic (exact) mass is 430 g/mol. The van der Waals surface area contributed by atoms with Gasteiger partial charge in [0.1, 0.15) is 0 Å². The van der Waals surface area contributed by atoms with Crippen LogP contribution in [0.15, 0.2) is 0 Å². The molecule has 0 atom stereocenters. The van der Waals surface area contributed by atoms with Crippen LogP contribution in [-0.4, -0.2) is 9.49 Å². The number of hydrogen-bond donors (Lipinski definition) is 0. The molecule has 0 aromatic rings. The van der Waals surface area contributed by atoms with E-state index in [0.717, 1.165) is 0 Å². The molecule has 0 rings (SSSR count). The highest BCUT2D eigenvalue weighted by Gasteiger charge is 2.56. The molecule has 2 heteroatoms. The third-order valence-electron chi connectivity index (χ3n) is 10.3. The van der Waals surface area contributed by atoms with Crippen molar-refractivity contribution >= 4 is 21.6 Å². The third-order valence-corrected chi connectivity index (χ3v) is 15.0. The summed E-state index contributed by atoms with van der Waals surface area (Å²) >= 11 is 0. The lowest BCUT2D eigenvalue weighted by Gasteiger charge is -2.59. The molecular formula is C26H54S2. The lowest BCUT2D eigenvalue weighted by atomic mass is 9.52. The van der Waals surface area contributed by atoms with Gasteiger partial charge in [0.15, 0.2) is 0 Å². The average molecular weight is 431 g/mol. The summed E-state index contributed by atoms with van der Waals surface area (Å²) < 4.78 is 0.293. The van der Waals surface area contributed by atoms with Gasteiger partial charge in [-0.25, -0.2) is 0 Å². The lowest BCUT2D eigenvalue weighted by molar-refractivity contribution is -0.0280. The van der Waals surface area contributed by atoms with Gasteiger partial charge in [0.05, 0.1) is 0 Å². The van der Waals surface area contributed by atoms with Crippen molar-refractivity contribution in [1.29, 1.82) is 0 Å². The lowest BCUT2D eigenvalue weighted by Crippen LogP contribution is -2.54. The van der Waals surface area contributed by atoms with Crippen molar-refractivity contribution in [3.63, 3.8) is 0 Å². The molecule has 0 aromatic carbocycles. The Morgan fingerprint density at radius 1 is 0.286 bits per heavy atom. The van der Waals surface area contributed by atoms with E-state index in [9.17, 15) is 0 Å². The SMILES string of the molecule is CC(C)(C)C(C)(C)C(C)(C)C(C)(C)SSC(C)(C)C(C)(C)C(C)(C)C(C)(C)C. The Bertz CT molecular complexity index is 482. The fourth-order valence-electron chi connectivity index (χ4n) is 3.80. The fraction of sp³-hybridized carbons (Fsp3) is 1.00. The van der Waals surface area contributed by atoms with Crippen molar-refractivity contribution in [2.45, 2.75) is 134 Å². The van der Waals surface area contributed by atoms with Crippen LogP contribution in [-0.2, 0) is 0 Å². The molecule has 0 amide bonds. The number of rotatable bonds is 7. The predicted molar refractivity (Wildman–Crippen MR) is 137 cm³/mol. The van der Waals surface area contributed by atoms with E-state index in [1.54, 1.807) is 0 Å². The maximum absolute atomic E-state index is 2.48. The summed E-state index contributed by atoms with van der Waals surface area (Å²) in [6.45, 7) is 43.9. The molecule has 0 aliphatic carbocycles. The van der Waals surface area contributed by atoms with Crippen LogP contribution in [0.2, 0.25) is 0 Å². The van der Waals surface area contributed by atoms with E-state index < -0.39 is 0 Å². The van der Waals surface area contributed by atoms with Crippen LogP contribution in [0.4, 0.5) is 0 Å². The highest BCUT2D eigenvalue weighted by atomic mass is 33.1. The highest BCUT2D eigenvalue weighted by molar-refractivity contribution is 8.77. The van der Waals surface area contributed by atoms with Crippen LogP contribution in [0.5, 0.6) is 0 Å². The normalized spacial score (nSPS) is 16.5. The Balaban J connectivity index is 5.84. The molecule has 28 heavy (non-hydrogen) atoms. The molecule has 170 valence electrons. The van der Waals surface area contributed by atoms with Crippen molar-refractivity contribution < 1.29 is 0 Å². The molecule has 0 fully saturated rings. The summed E-state index contributed by atoms with van der Waals surface area (Å²) in [4.78, 5) is 0. The van der Waals surface area contributed by atoms with Crippen molar-refractivity contribution in [1.82, 2.24) is 0 Å². The van der Waals surface area contributed by atoms with Gasteiger partial charge in [-0.05, 0) is 60.2 Å². The summed E-state index contributed by atoms with van der Waals surface area (Å²) in [5, 5.41) is 0. The van der Waals surface area contributed by atoms with Crippen LogP contribution in [0, 0.1) is 32.5 Å². The summed E-state index contributed by atoms with van der Waals surface area (Å²) in [6, 6.07) is 0. The molecule has 0 unspecified atom stereocenters. The van der Waals surface area contributed by atoms with Gasteiger partial charge in [-0.15, -0.1) is 0 Å². The second-order valence-electron chi connectivity index (χ2n) is 14.2.